The third-order valence-electron chi connectivity index (χ3n) is 2.94. The summed E-state index contributed by atoms with van der Waals surface area (Å²) in [6, 6.07) is 6.50. The van der Waals surface area contributed by atoms with Crippen LogP contribution in [-0.4, -0.2) is 9.97 Å². The molecule has 3 nitrogen and oxygen atoms in total. The summed E-state index contributed by atoms with van der Waals surface area (Å²) in [5.41, 5.74) is 9.54. The van der Waals surface area contributed by atoms with Crippen LogP contribution in [0.1, 0.15) is 28.3 Å². The molecule has 0 atom stereocenters. The van der Waals surface area contributed by atoms with Gasteiger partial charge in [-0.2, -0.15) is 0 Å². The van der Waals surface area contributed by atoms with E-state index < -0.39 is 0 Å². The van der Waals surface area contributed by atoms with Crippen LogP contribution in [0.4, 0.5) is 4.39 Å². The van der Waals surface area contributed by atoms with Gasteiger partial charge >= 0.3 is 0 Å². The van der Waals surface area contributed by atoms with Gasteiger partial charge in [0, 0.05) is 17.8 Å². The molecule has 0 bridgehead atoms. The van der Waals surface area contributed by atoms with Crippen LogP contribution >= 0.6 is 0 Å². The lowest BCUT2D eigenvalue weighted by Crippen LogP contribution is -2.09. The van der Waals surface area contributed by atoms with Crippen LogP contribution in [-0.2, 0) is 13.0 Å². The molecule has 0 unspecified atom stereocenters. The van der Waals surface area contributed by atoms with Gasteiger partial charge in [-0.15, -0.1) is 0 Å². The topological polar surface area (TPSA) is 51.8 Å². The fraction of sp³-hybridized carbons (Fsp3) is 0.286. The van der Waals surface area contributed by atoms with E-state index in [0.717, 1.165) is 22.5 Å². The predicted octanol–water partition coefficient (Wildman–Crippen LogP) is 2.28. The second-order valence-electron chi connectivity index (χ2n) is 4.30. The first kappa shape index (κ1) is 12.6. The van der Waals surface area contributed by atoms with E-state index in [-0.39, 0.29) is 5.82 Å². The van der Waals surface area contributed by atoms with E-state index in [1.54, 1.807) is 12.1 Å². The molecule has 1 aromatic carbocycles. The number of halogens is 1. The molecule has 4 heteroatoms. The van der Waals surface area contributed by atoms with Crippen molar-refractivity contribution in [1.82, 2.24) is 9.97 Å². The summed E-state index contributed by atoms with van der Waals surface area (Å²) >= 11 is 0. The number of hydrogen-bond donors (Lipinski definition) is 1. The van der Waals surface area contributed by atoms with Crippen molar-refractivity contribution in [2.75, 3.05) is 0 Å². The molecule has 0 saturated heterocycles. The maximum Gasteiger partial charge on any atom is 0.142 e. The molecule has 0 amide bonds. The Bertz CT molecular complexity index is 526. The van der Waals surface area contributed by atoms with Crippen LogP contribution in [0.3, 0.4) is 0 Å². The lowest BCUT2D eigenvalue weighted by Gasteiger charge is -2.10. The van der Waals surface area contributed by atoms with Gasteiger partial charge in [-0.25, -0.2) is 14.4 Å². The van der Waals surface area contributed by atoms with E-state index in [1.807, 2.05) is 13.8 Å². The summed E-state index contributed by atoms with van der Waals surface area (Å²) in [6.07, 6.45) is 0.711. The number of benzene rings is 1. The Morgan fingerprint density at radius 3 is 2.11 bits per heavy atom. The monoisotopic (exact) mass is 245 g/mol. The summed E-state index contributed by atoms with van der Waals surface area (Å²) in [5.74, 6) is 0.440. The lowest BCUT2D eigenvalue weighted by atomic mass is 10.0. The first-order valence-corrected chi connectivity index (χ1v) is 5.87. The predicted molar refractivity (Wildman–Crippen MR) is 68.6 cm³/mol. The van der Waals surface area contributed by atoms with E-state index in [4.69, 9.17) is 5.73 Å². The SMILES string of the molecule is Cc1nc(CN)nc(C)c1Cc1ccc(F)cc1. The van der Waals surface area contributed by atoms with E-state index in [0.29, 0.717) is 18.8 Å². The largest absolute Gasteiger partial charge is 0.324 e. The van der Waals surface area contributed by atoms with Crippen molar-refractivity contribution in [3.05, 3.63) is 58.4 Å². The highest BCUT2D eigenvalue weighted by molar-refractivity contribution is 5.31. The zero-order valence-corrected chi connectivity index (χ0v) is 10.6. The number of nitrogens with zero attached hydrogens (tertiary/aromatic N) is 2. The normalized spacial score (nSPS) is 10.7. The lowest BCUT2D eigenvalue weighted by molar-refractivity contribution is 0.627. The molecule has 0 fully saturated rings. The van der Waals surface area contributed by atoms with Crippen molar-refractivity contribution in [3.8, 4) is 0 Å². The number of nitrogens with two attached hydrogens (primary N) is 1. The Labute approximate surface area is 106 Å². The van der Waals surface area contributed by atoms with Gasteiger partial charge < -0.3 is 5.73 Å². The number of hydrogen-bond acceptors (Lipinski definition) is 3. The molecule has 2 N–H and O–H groups in total. The van der Waals surface area contributed by atoms with Crippen LogP contribution in [0.2, 0.25) is 0 Å². The molecule has 1 aromatic heterocycles. The van der Waals surface area contributed by atoms with Gasteiger partial charge in [0.25, 0.3) is 0 Å². The fourth-order valence-corrected chi connectivity index (χ4v) is 1.96. The van der Waals surface area contributed by atoms with E-state index >= 15 is 0 Å². The first-order valence-electron chi connectivity index (χ1n) is 5.87. The standard InChI is InChI=1S/C14H16FN3/c1-9-13(10(2)18-14(8-16)17-9)7-11-3-5-12(15)6-4-11/h3-6H,7-8,16H2,1-2H3. The van der Waals surface area contributed by atoms with E-state index in [1.165, 1.54) is 12.1 Å². The van der Waals surface area contributed by atoms with Gasteiger partial charge in [-0.3, -0.25) is 0 Å². The maximum atomic E-state index is 12.8. The van der Waals surface area contributed by atoms with E-state index in [2.05, 4.69) is 9.97 Å². The molecular weight excluding hydrogens is 229 g/mol. The second kappa shape index (κ2) is 5.23. The molecule has 0 aliphatic heterocycles. The Morgan fingerprint density at radius 2 is 1.61 bits per heavy atom. The highest BCUT2D eigenvalue weighted by atomic mass is 19.1. The van der Waals surface area contributed by atoms with Crippen LogP contribution in [0, 0.1) is 19.7 Å². The quantitative estimate of drug-likeness (QED) is 0.902. The Kier molecular flexibility index (Phi) is 3.67. The maximum absolute atomic E-state index is 12.8. The van der Waals surface area contributed by atoms with Crippen molar-refractivity contribution < 1.29 is 4.39 Å². The molecular formula is C14H16FN3. The van der Waals surface area contributed by atoms with Gasteiger partial charge in [0.2, 0.25) is 0 Å². The zero-order chi connectivity index (χ0) is 13.1. The Hall–Kier alpha value is -1.81. The third kappa shape index (κ3) is 2.71. The van der Waals surface area contributed by atoms with Gasteiger partial charge in [0.15, 0.2) is 0 Å². The van der Waals surface area contributed by atoms with Gasteiger partial charge in [-0.05, 0) is 37.1 Å². The molecule has 2 aromatic rings. The summed E-state index contributed by atoms with van der Waals surface area (Å²) in [6.45, 7) is 4.25. The molecule has 1 heterocycles. The molecule has 94 valence electrons. The molecule has 2 rings (SSSR count). The number of rotatable bonds is 3. The minimum absolute atomic E-state index is 0.220. The van der Waals surface area contributed by atoms with Gasteiger partial charge in [0.05, 0.1) is 6.54 Å². The number of aryl methyl sites for hydroxylation is 2. The van der Waals surface area contributed by atoms with Gasteiger partial charge in [0.1, 0.15) is 11.6 Å². The summed E-state index contributed by atoms with van der Waals surface area (Å²) in [5, 5.41) is 0. The highest BCUT2D eigenvalue weighted by Crippen LogP contribution is 2.16. The molecule has 0 spiro atoms. The molecule has 0 saturated carbocycles. The summed E-state index contributed by atoms with van der Waals surface area (Å²) in [4.78, 5) is 8.71. The van der Waals surface area contributed by atoms with Crippen molar-refractivity contribution in [2.45, 2.75) is 26.8 Å². The van der Waals surface area contributed by atoms with Gasteiger partial charge in [-0.1, -0.05) is 12.1 Å². The molecule has 0 aliphatic rings. The molecule has 0 aliphatic carbocycles. The van der Waals surface area contributed by atoms with Crippen LogP contribution in [0.25, 0.3) is 0 Å². The fourth-order valence-electron chi connectivity index (χ4n) is 1.96. The highest BCUT2D eigenvalue weighted by Gasteiger charge is 2.08. The first-order chi connectivity index (χ1) is 8.60. The minimum atomic E-state index is -0.220. The third-order valence-corrected chi connectivity index (χ3v) is 2.94. The summed E-state index contributed by atoms with van der Waals surface area (Å²) in [7, 11) is 0. The van der Waals surface area contributed by atoms with Crippen molar-refractivity contribution in [2.24, 2.45) is 5.73 Å². The zero-order valence-electron chi connectivity index (χ0n) is 10.6. The number of aromatic nitrogens is 2. The van der Waals surface area contributed by atoms with Crippen molar-refractivity contribution in [1.29, 1.82) is 0 Å². The average molecular weight is 245 g/mol. The Morgan fingerprint density at radius 1 is 1.06 bits per heavy atom. The van der Waals surface area contributed by atoms with Crippen LogP contribution < -0.4 is 5.73 Å². The van der Waals surface area contributed by atoms with Crippen LogP contribution in [0.5, 0.6) is 0 Å². The molecule has 18 heavy (non-hydrogen) atoms. The summed E-state index contributed by atoms with van der Waals surface area (Å²) < 4.78 is 12.8. The smallest absolute Gasteiger partial charge is 0.142 e. The van der Waals surface area contributed by atoms with Crippen LogP contribution in [0.15, 0.2) is 24.3 Å². The molecule has 0 radical (unpaired) electrons. The minimum Gasteiger partial charge on any atom is -0.324 e. The second-order valence-corrected chi connectivity index (χ2v) is 4.30. The average Bonchev–Trinajstić information content (AvgIpc) is 2.35. The van der Waals surface area contributed by atoms with Crippen molar-refractivity contribution in [3.63, 3.8) is 0 Å². The van der Waals surface area contributed by atoms with E-state index in [9.17, 15) is 4.39 Å². The Balaban J connectivity index is 2.31. The van der Waals surface area contributed by atoms with Crippen molar-refractivity contribution >= 4 is 0 Å².